The summed E-state index contributed by atoms with van der Waals surface area (Å²) in [7, 11) is -2.18. The molecule has 198 valence electrons. The molecule has 1 aromatic heterocycles. The van der Waals surface area contributed by atoms with Gasteiger partial charge in [0.2, 0.25) is 5.03 Å². The molecule has 4 rings (SSSR count). The van der Waals surface area contributed by atoms with Crippen LogP contribution in [-0.2, 0) is 28.0 Å². The molecule has 2 fully saturated rings. The first-order valence-electron chi connectivity index (χ1n) is 11.3. The fraction of sp³-hybridized carbons (Fsp3) is 0.571. The normalized spacial score (nSPS) is 19.8. The number of hydrogen-bond acceptors (Lipinski definition) is 7. The third-order valence-corrected chi connectivity index (χ3v) is 8.71. The zero-order valence-corrected chi connectivity index (χ0v) is 21.0. The Kier molecular flexibility index (Phi) is 7.62. The summed E-state index contributed by atoms with van der Waals surface area (Å²) in [5, 5.41) is 9.84. The number of ether oxygens (including phenoxy) is 1. The van der Waals surface area contributed by atoms with Crippen molar-refractivity contribution in [3.8, 4) is 0 Å². The quantitative estimate of drug-likeness (QED) is 0.584. The van der Waals surface area contributed by atoms with Crippen LogP contribution in [0.1, 0.15) is 28.8 Å². The highest BCUT2D eigenvalue weighted by Gasteiger charge is 2.42. The minimum Gasteiger partial charge on any atom is -0.381 e. The van der Waals surface area contributed by atoms with Gasteiger partial charge in [0.05, 0.1) is 22.3 Å². The van der Waals surface area contributed by atoms with E-state index in [2.05, 4.69) is 20.5 Å². The topological polar surface area (TPSA) is 110 Å². The van der Waals surface area contributed by atoms with E-state index in [1.165, 1.54) is 15.2 Å². The third kappa shape index (κ3) is 5.52. The predicted molar refractivity (Wildman–Crippen MR) is 123 cm³/mol. The first-order valence-corrected chi connectivity index (χ1v) is 13.1. The molecule has 0 bridgehead atoms. The van der Waals surface area contributed by atoms with Gasteiger partial charge < -0.3 is 10.1 Å². The van der Waals surface area contributed by atoms with Crippen LogP contribution in [0.25, 0.3) is 0 Å². The van der Waals surface area contributed by atoms with Crippen molar-refractivity contribution in [3.63, 3.8) is 0 Å². The first kappa shape index (κ1) is 26.8. The summed E-state index contributed by atoms with van der Waals surface area (Å²) < 4.78 is 72.7. The van der Waals surface area contributed by atoms with E-state index in [-0.39, 0.29) is 35.2 Å². The summed E-state index contributed by atoms with van der Waals surface area (Å²) in [6.45, 7) is 2.47. The second-order valence-corrected chi connectivity index (χ2v) is 11.1. The maximum atomic E-state index is 12.9. The molecule has 0 saturated carbocycles. The van der Waals surface area contributed by atoms with Crippen LogP contribution in [0.3, 0.4) is 0 Å². The average Bonchev–Trinajstić information content (AvgIpc) is 3.30. The number of piperazine rings is 1. The molecule has 2 aromatic rings. The van der Waals surface area contributed by atoms with Gasteiger partial charge in [0, 0.05) is 58.5 Å². The predicted octanol–water partition coefficient (Wildman–Crippen LogP) is 1.77. The standard InChI is InChI=1S/C21H26ClF3N6O4S/c1-29-13-18(27-28-29)36(33,34)31-8-6-30(7-9-31)20(4-10-35-11-5-20)14-26-19(32)16-3-2-15(12-17(16)22)21(23,24)25/h2-3,12-13H,4-11,14H2,1H3,(H,26,32). The van der Waals surface area contributed by atoms with Gasteiger partial charge in [-0.15, -0.1) is 5.10 Å². The number of rotatable bonds is 6. The molecule has 0 spiro atoms. The van der Waals surface area contributed by atoms with Crippen molar-refractivity contribution in [2.45, 2.75) is 29.6 Å². The van der Waals surface area contributed by atoms with Gasteiger partial charge in [-0.2, -0.15) is 17.5 Å². The number of hydrogen-bond donors (Lipinski definition) is 1. The summed E-state index contributed by atoms with van der Waals surface area (Å²) in [6, 6.07) is 2.62. The van der Waals surface area contributed by atoms with Crippen LogP contribution >= 0.6 is 11.6 Å². The molecular weight excluding hydrogens is 525 g/mol. The van der Waals surface area contributed by atoms with Crippen LogP contribution in [0.4, 0.5) is 13.2 Å². The van der Waals surface area contributed by atoms with Crippen molar-refractivity contribution < 1.29 is 31.1 Å². The Morgan fingerprint density at radius 1 is 1.19 bits per heavy atom. The van der Waals surface area contributed by atoms with Crippen molar-refractivity contribution in [1.82, 2.24) is 29.5 Å². The number of sulfonamides is 1. The number of benzene rings is 1. The molecule has 2 aliphatic heterocycles. The van der Waals surface area contributed by atoms with Crippen LogP contribution in [0.2, 0.25) is 5.02 Å². The summed E-state index contributed by atoms with van der Waals surface area (Å²) in [4.78, 5) is 15.0. The molecule has 2 aliphatic rings. The fourth-order valence-electron chi connectivity index (χ4n) is 4.55. The van der Waals surface area contributed by atoms with Crippen LogP contribution in [0.15, 0.2) is 29.4 Å². The summed E-state index contributed by atoms with van der Waals surface area (Å²) in [5.74, 6) is -0.580. The van der Waals surface area contributed by atoms with Gasteiger partial charge in [-0.3, -0.25) is 14.4 Å². The van der Waals surface area contributed by atoms with Gasteiger partial charge in [0.1, 0.15) is 0 Å². The second kappa shape index (κ2) is 10.2. The number of aromatic nitrogens is 3. The number of aryl methyl sites for hydroxylation is 1. The Labute approximate surface area is 211 Å². The van der Waals surface area contributed by atoms with Crippen molar-refractivity contribution in [2.24, 2.45) is 7.05 Å². The Bertz CT molecular complexity index is 1210. The first-order chi connectivity index (χ1) is 16.9. The lowest BCUT2D eigenvalue weighted by Gasteiger charge is -2.49. The largest absolute Gasteiger partial charge is 0.416 e. The van der Waals surface area contributed by atoms with Crippen LogP contribution in [0.5, 0.6) is 0 Å². The summed E-state index contributed by atoms with van der Waals surface area (Å²) in [6.07, 6.45) is -2.01. The van der Waals surface area contributed by atoms with E-state index in [4.69, 9.17) is 16.3 Å². The summed E-state index contributed by atoms with van der Waals surface area (Å²) >= 11 is 5.98. The van der Waals surface area contributed by atoms with Crippen molar-refractivity contribution >= 4 is 27.5 Å². The van der Waals surface area contributed by atoms with Gasteiger partial charge >= 0.3 is 6.18 Å². The highest BCUT2D eigenvalue weighted by atomic mass is 35.5. The van der Waals surface area contributed by atoms with E-state index < -0.39 is 33.2 Å². The molecule has 1 N–H and O–H groups in total. The van der Waals surface area contributed by atoms with Gasteiger partial charge in [-0.05, 0) is 31.0 Å². The van der Waals surface area contributed by atoms with Crippen LogP contribution in [0, 0.1) is 0 Å². The monoisotopic (exact) mass is 550 g/mol. The second-order valence-electron chi connectivity index (χ2n) is 8.83. The van der Waals surface area contributed by atoms with Gasteiger partial charge in [0.25, 0.3) is 15.9 Å². The van der Waals surface area contributed by atoms with Crippen LogP contribution in [-0.4, -0.2) is 90.0 Å². The molecular formula is C21H26ClF3N6O4S. The van der Waals surface area contributed by atoms with E-state index in [1.54, 1.807) is 7.05 Å². The number of halogens is 4. The van der Waals surface area contributed by atoms with Crippen molar-refractivity contribution in [3.05, 3.63) is 40.5 Å². The Balaban J connectivity index is 1.44. The number of nitrogens with zero attached hydrogens (tertiary/aromatic N) is 5. The SMILES string of the molecule is Cn1cc(S(=O)(=O)N2CCN(C3(CNC(=O)c4ccc(C(F)(F)F)cc4Cl)CCOCC3)CC2)nn1. The zero-order chi connectivity index (χ0) is 26.1. The maximum absolute atomic E-state index is 12.9. The summed E-state index contributed by atoms with van der Waals surface area (Å²) in [5.41, 5.74) is -1.47. The molecule has 0 aliphatic carbocycles. The lowest BCUT2D eigenvalue weighted by Crippen LogP contribution is -2.63. The van der Waals surface area contributed by atoms with E-state index in [1.807, 2.05) is 0 Å². The molecule has 2 saturated heterocycles. The zero-order valence-electron chi connectivity index (χ0n) is 19.5. The lowest BCUT2D eigenvalue weighted by molar-refractivity contribution is -0.137. The molecule has 1 aromatic carbocycles. The Morgan fingerprint density at radius 2 is 1.86 bits per heavy atom. The molecule has 10 nitrogen and oxygen atoms in total. The average molecular weight is 551 g/mol. The van der Waals surface area contributed by atoms with Crippen molar-refractivity contribution in [2.75, 3.05) is 45.9 Å². The number of nitrogens with one attached hydrogen (secondary N) is 1. The third-order valence-electron chi connectivity index (χ3n) is 6.64. The van der Waals surface area contributed by atoms with Gasteiger partial charge in [0.15, 0.2) is 0 Å². The number of amides is 1. The molecule has 15 heteroatoms. The van der Waals surface area contributed by atoms with E-state index in [9.17, 15) is 26.4 Å². The highest BCUT2D eigenvalue weighted by Crippen LogP contribution is 2.33. The molecule has 3 heterocycles. The van der Waals surface area contributed by atoms with E-state index in [0.29, 0.717) is 39.1 Å². The molecule has 0 unspecified atom stereocenters. The highest BCUT2D eigenvalue weighted by molar-refractivity contribution is 7.89. The molecule has 0 radical (unpaired) electrons. The number of alkyl halides is 3. The minimum absolute atomic E-state index is 0.0493. The van der Waals surface area contributed by atoms with E-state index in [0.717, 1.165) is 18.2 Å². The Hall–Kier alpha value is -2.26. The molecule has 0 atom stereocenters. The minimum atomic E-state index is -4.56. The number of carbonyl (C=O) groups is 1. The lowest BCUT2D eigenvalue weighted by atomic mass is 9.87. The smallest absolute Gasteiger partial charge is 0.381 e. The van der Waals surface area contributed by atoms with Crippen molar-refractivity contribution in [1.29, 1.82) is 0 Å². The number of carbonyl (C=O) groups excluding carboxylic acids is 1. The fourth-order valence-corrected chi connectivity index (χ4v) is 6.15. The Morgan fingerprint density at radius 3 is 2.42 bits per heavy atom. The van der Waals surface area contributed by atoms with Gasteiger partial charge in [-0.25, -0.2) is 8.42 Å². The van der Waals surface area contributed by atoms with Crippen LogP contribution < -0.4 is 5.32 Å². The maximum Gasteiger partial charge on any atom is 0.416 e. The van der Waals surface area contributed by atoms with E-state index >= 15 is 0 Å². The molecule has 1 amide bonds. The van der Waals surface area contributed by atoms with Gasteiger partial charge in [-0.1, -0.05) is 16.8 Å². The molecule has 36 heavy (non-hydrogen) atoms.